The fourth-order valence-electron chi connectivity index (χ4n) is 3.99. The summed E-state index contributed by atoms with van der Waals surface area (Å²) in [6.07, 6.45) is 10.1. The van der Waals surface area contributed by atoms with Gasteiger partial charge >= 0.3 is 0 Å². The van der Waals surface area contributed by atoms with Gasteiger partial charge in [-0.1, -0.05) is 48.6 Å². The van der Waals surface area contributed by atoms with Crippen molar-refractivity contribution in [3.63, 3.8) is 0 Å². The van der Waals surface area contributed by atoms with Gasteiger partial charge in [0, 0.05) is 35.1 Å². The molecule has 35 heavy (non-hydrogen) atoms. The Labute approximate surface area is 203 Å². The third-order valence-corrected chi connectivity index (χ3v) is 5.86. The van der Waals surface area contributed by atoms with Gasteiger partial charge in [-0.3, -0.25) is 9.59 Å². The average molecular weight is 461 g/mol. The first-order valence-electron chi connectivity index (χ1n) is 11.4. The molecule has 0 unspecified atom stereocenters. The number of imidazole rings is 1. The molecule has 0 bridgehead atoms. The zero-order chi connectivity index (χ0) is 24.2. The number of hydrogen-bond donors (Lipinski definition) is 2. The normalized spacial score (nSPS) is 12.8. The molecule has 1 heterocycles. The Morgan fingerprint density at radius 3 is 2.37 bits per heavy atom. The maximum Gasteiger partial charge on any atom is 0.255 e. The lowest BCUT2D eigenvalue weighted by molar-refractivity contribution is -0.112. The van der Waals surface area contributed by atoms with Gasteiger partial charge in [0.1, 0.15) is 5.82 Å². The number of nitrogens with zero attached hydrogens (tertiary/aromatic N) is 2. The molecule has 1 aliphatic rings. The first kappa shape index (κ1) is 22.1. The second-order valence-electron chi connectivity index (χ2n) is 8.26. The van der Waals surface area contributed by atoms with E-state index < -0.39 is 0 Å². The van der Waals surface area contributed by atoms with Crippen molar-refractivity contribution in [3.05, 3.63) is 114 Å². The third-order valence-electron chi connectivity index (χ3n) is 5.86. The predicted molar refractivity (Wildman–Crippen MR) is 140 cm³/mol. The number of anilines is 2. The quantitative estimate of drug-likeness (QED) is 0.391. The fraction of sp³-hybridized carbons (Fsp3) is 0.0690. The van der Waals surface area contributed by atoms with Gasteiger partial charge in [-0.05, 0) is 61.0 Å². The number of allylic oxidation sites excluding steroid dienone is 5. The minimum Gasteiger partial charge on any atom is -0.327 e. The van der Waals surface area contributed by atoms with Gasteiger partial charge in [-0.25, -0.2) is 4.98 Å². The molecule has 2 N–H and O–H groups in total. The second-order valence-corrected chi connectivity index (χ2v) is 8.26. The van der Waals surface area contributed by atoms with E-state index in [1.165, 1.54) is 0 Å². The Balaban J connectivity index is 1.34. The SMILES string of the molecule is Cn1c(-c2ccc(NC(=O)C3=CC=CC=CC3)cc2)nc2cc(NC(=O)c3ccccc3)ccc21. The minimum absolute atomic E-state index is 0.109. The van der Waals surface area contributed by atoms with Crippen LogP contribution in [0.2, 0.25) is 0 Å². The molecule has 6 heteroatoms. The van der Waals surface area contributed by atoms with Crippen molar-refractivity contribution in [1.82, 2.24) is 9.55 Å². The van der Waals surface area contributed by atoms with Crippen LogP contribution in [0.5, 0.6) is 0 Å². The lowest BCUT2D eigenvalue weighted by Gasteiger charge is -2.08. The molecule has 2 amide bonds. The van der Waals surface area contributed by atoms with Crippen LogP contribution in [0.15, 0.2) is 109 Å². The van der Waals surface area contributed by atoms with Crippen molar-refractivity contribution in [2.45, 2.75) is 6.42 Å². The van der Waals surface area contributed by atoms with Crippen LogP contribution in [0.1, 0.15) is 16.8 Å². The molecule has 0 saturated heterocycles. The highest BCUT2D eigenvalue weighted by Gasteiger charge is 2.13. The van der Waals surface area contributed by atoms with Gasteiger partial charge < -0.3 is 15.2 Å². The van der Waals surface area contributed by atoms with Crippen LogP contribution in [0.4, 0.5) is 11.4 Å². The second kappa shape index (κ2) is 9.65. The zero-order valence-corrected chi connectivity index (χ0v) is 19.2. The molecule has 4 aromatic rings. The van der Waals surface area contributed by atoms with Crippen molar-refractivity contribution in [2.75, 3.05) is 10.6 Å². The summed E-state index contributed by atoms with van der Waals surface area (Å²) >= 11 is 0. The number of aromatic nitrogens is 2. The number of benzene rings is 3. The van der Waals surface area contributed by atoms with Crippen LogP contribution in [0, 0.1) is 0 Å². The Bertz CT molecular complexity index is 1490. The average Bonchev–Trinajstić information content (AvgIpc) is 3.04. The van der Waals surface area contributed by atoms with Gasteiger partial charge in [0.05, 0.1) is 11.0 Å². The van der Waals surface area contributed by atoms with E-state index in [9.17, 15) is 9.59 Å². The highest BCUT2D eigenvalue weighted by molar-refractivity contribution is 6.05. The van der Waals surface area contributed by atoms with E-state index in [2.05, 4.69) is 10.6 Å². The molecule has 0 radical (unpaired) electrons. The van der Waals surface area contributed by atoms with E-state index >= 15 is 0 Å². The molecule has 0 spiro atoms. The van der Waals surface area contributed by atoms with Gasteiger partial charge in [0.2, 0.25) is 0 Å². The lowest BCUT2D eigenvalue weighted by Crippen LogP contribution is -2.13. The Morgan fingerprint density at radius 2 is 1.57 bits per heavy atom. The van der Waals surface area contributed by atoms with Gasteiger partial charge in [-0.15, -0.1) is 0 Å². The van der Waals surface area contributed by atoms with Crippen LogP contribution in [0.3, 0.4) is 0 Å². The monoisotopic (exact) mass is 460 g/mol. The number of rotatable bonds is 5. The largest absolute Gasteiger partial charge is 0.327 e. The van der Waals surface area contributed by atoms with E-state index in [1.807, 2.05) is 103 Å². The number of fused-ring (bicyclic) bond motifs is 1. The topological polar surface area (TPSA) is 76.0 Å². The van der Waals surface area contributed by atoms with Crippen molar-refractivity contribution in [1.29, 1.82) is 0 Å². The summed E-state index contributed by atoms with van der Waals surface area (Å²) in [6.45, 7) is 0. The summed E-state index contributed by atoms with van der Waals surface area (Å²) < 4.78 is 2.01. The van der Waals surface area contributed by atoms with E-state index in [0.29, 0.717) is 23.2 Å². The number of carbonyl (C=O) groups is 2. The summed E-state index contributed by atoms with van der Waals surface area (Å²) in [7, 11) is 1.96. The Hall–Kier alpha value is -4.71. The number of nitrogens with one attached hydrogen (secondary N) is 2. The number of aryl methyl sites for hydroxylation is 1. The molecule has 0 aliphatic heterocycles. The third kappa shape index (κ3) is 4.82. The van der Waals surface area contributed by atoms with E-state index in [4.69, 9.17) is 4.98 Å². The van der Waals surface area contributed by atoms with E-state index in [0.717, 1.165) is 28.1 Å². The summed E-state index contributed by atoms with van der Waals surface area (Å²) in [6, 6.07) is 22.4. The number of carbonyl (C=O) groups excluding carboxylic acids is 2. The van der Waals surface area contributed by atoms with Crippen LogP contribution in [-0.2, 0) is 11.8 Å². The van der Waals surface area contributed by atoms with Crippen molar-refractivity contribution in [2.24, 2.45) is 7.05 Å². The fourth-order valence-corrected chi connectivity index (χ4v) is 3.99. The highest BCUT2D eigenvalue weighted by Crippen LogP contribution is 2.27. The maximum absolute atomic E-state index is 12.6. The van der Waals surface area contributed by atoms with Crippen molar-refractivity contribution in [3.8, 4) is 11.4 Å². The summed E-state index contributed by atoms with van der Waals surface area (Å²) in [5.41, 5.74) is 5.39. The minimum atomic E-state index is -0.162. The van der Waals surface area contributed by atoms with Crippen LogP contribution < -0.4 is 10.6 Å². The van der Waals surface area contributed by atoms with Gasteiger partial charge in [0.15, 0.2) is 0 Å². The van der Waals surface area contributed by atoms with Crippen molar-refractivity contribution >= 4 is 34.2 Å². The molecule has 3 aromatic carbocycles. The van der Waals surface area contributed by atoms with Crippen molar-refractivity contribution < 1.29 is 9.59 Å². The standard InChI is InChI=1S/C29H24N4O2/c1-33-26-18-17-24(31-29(35)22-11-7-4-8-12-22)19-25(26)32-27(33)20-13-15-23(16-14-20)30-28(34)21-9-5-2-3-6-10-21/h2-9,11-19H,10H2,1H3,(H,30,34)(H,31,35). The van der Waals surface area contributed by atoms with Crippen LogP contribution >= 0.6 is 0 Å². The van der Waals surface area contributed by atoms with Crippen LogP contribution in [0.25, 0.3) is 22.4 Å². The van der Waals surface area contributed by atoms with Gasteiger partial charge in [0.25, 0.3) is 11.8 Å². The first-order chi connectivity index (χ1) is 17.1. The Morgan fingerprint density at radius 1 is 0.829 bits per heavy atom. The summed E-state index contributed by atoms with van der Waals surface area (Å²) in [4.78, 5) is 29.8. The number of hydrogen-bond acceptors (Lipinski definition) is 3. The predicted octanol–water partition coefficient (Wildman–Crippen LogP) is 5.87. The summed E-state index contributed by atoms with van der Waals surface area (Å²) in [5.74, 6) is 0.526. The Kier molecular flexibility index (Phi) is 6.09. The van der Waals surface area contributed by atoms with Crippen LogP contribution in [-0.4, -0.2) is 21.4 Å². The molecule has 1 aliphatic carbocycles. The molecule has 1 aromatic heterocycles. The smallest absolute Gasteiger partial charge is 0.255 e. The molecule has 172 valence electrons. The highest BCUT2D eigenvalue weighted by atomic mass is 16.2. The number of amides is 2. The molecule has 5 rings (SSSR count). The first-order valence-corrected chi connectivity index (χ1v) is 11.4. The maximum atomic E-state index is 12.6. The molecular weight excluding hydrogens is 436 g/mol. The van der Waals surface area contributed by atoms with E-state index in [-0.39, 0.29) is 11.8 Å². The lowest BCUT2D eigenvalue weighted by atomic mass is 10.1. The molecule has 0 atom stereocenters. The van der Waals surface area contributed by atoms with Gasteiger partial charge in [-0.2, -0.15) is 0 Å². The van der Waals surface area contributed by atoms with E-state index in [1.54, 1.807) is 12.1 Å². The zero-order valence-electron chi connectivity index (χ0n) is 19.2. The molecule has 6 nitrogen and oxygen atoms in total. The molecule has 0 saturated carbocycles. The summed E-state index contributed by atoms with van der Waals surface area (Å²) in [5, 5.41) is 5.89. The molecule has 0 fully saturated rings. The molecular formula is C29H24N4O2.